The smallest absolute Gasteiger partial charge is 0.350 e. The Balaban J connectivity index is 1.70. The molecule has 25 heavy (non-hydrogen) atoms. The summed E-state index contributed by atoms with van der Waals surface area (Å²) in [5, 5.41) is 0.596. The third-order valence-corrected chi connectivity index (χ3v) is 4.69. The Bertz CT molecular complexity index is 904. The second-order valence-electron chi connectivity index (χ2n) is 5.31. The number of benzene rings is 2. The summed E-state index contributed by atoms with van der Waals surface area (Å²) in [5.41, 5.74) is 1.72. The summed E-state index contributed by atoms with van der Waals surface area (Å²) in [4.78, 5) is 28.9. The van der Waals surface area contributed by atoms with Crippen LogP contribution in [0, 0.1) is 12.7 Å². The number of aryl methyl sites for hydroxylation is 1. The van der Waals surface area contributed by atoms with Crippen LogP contribution < -0.4 is 0 Å². The molecule has 0 amide bonds. The summed E-state index contributed by atoms with van der Waals surface area (Å²) in [6.45, 7) is 1.37. The van der Waals surface area contributed by atoms with Crippen LogP contribution in [-0.2, 0) is 4.74 Å². The molecule has 126 valence electrons. The number of carbonyl (C=O) groups is 2. The van der Waals surface area contributed by atoms with Crippen LogP contribution in [0.2, 0.25) is 0 Å². The summed E-state index contributed by atoms with van der Waals surface area (Å²) in [5.74, 6) is -1.20. The Morgan fingerprint density at radius 2 is 1.76 bits per heavy atom. The maximum absolute atomic E-state index is 13.0. The number of ketones is 1. The van der Waals surface area contributed by atoms with Crippen molar-refractivity contribution >= 4 is 23.1 Å². The lowest BCUT2D eigenvalue weighted by Crippen LogP contribution is -2.14. The Hall–Kier alpha value is -2.86. The highest BCUT2D eigenvalue weighted by Crippen LogP contribution is 2.28. The molecule has 0 saturated heterocycles. The molecule has 0 N–H and O–H groups in total. The lowest BCUT2D eigenvalue weighted by molar-refractivity contribution is 0.0478. The largest absolute Gasteiger partial charge is 0.453 e. The zero-order valence-corrected chi connectivity index (χ0v) is 14.2. The standard InChI is InChI=1S/C19H14FNO3S/c1-12-17(25-18(21-12)14-7-9-15(20)10-8-14)19(23)24-11-16(22)13-5-3-2-4-6-13/h2-10H,11H2,1H3. The van der Waals surface area contributed by atoms with Gasteiger partial charge in [-0.25, -0.2) is 14.2 Å². The van der Waals surface area contributed by atoms with Crippen LogP contribution in [0.15, 0.2) is 54.6 Å². The number of hydrogen-bond donors (Lipinski definition) is 0. The normalized spacial score (nSPS) is 10.5. The fourth-order valence-electron chi connectivity index (χ4n) is 2.21. The maximum Gasteiger partial charge on any atom is 0.350 e. The van der Waals surface area contributed by atoms with Gasteiger partial charge >= 0.3 is 5.97 Å². The number of ether oxygens (including phenoxy) is 1. The van der Waals surface area contributed by atoms with Gasteiger partial charge in [0, 0.05) is 11.1 Å². The molecule has 0 bridgehead atoms. The Morgan fingerprint density at radius 1 is 1.08 bits per heavy atom. The molecular weight excluding hydrogens is 341 g/mol. The highest BCUT2D eigenvalue weighted by Gasteiger charge is 2.19. The molecule has 6 heteroatoms. The SMILES string of the molecule is Cc1nc(-c2ccc(F)cc2)sc1C(=O)OCC(=O)c1ccccc1. The molecule has 0 atom stereocenters. The van der Waals surface area contributed by atoms with Crippen molar-refractivity contribution in [1.82, 2.24) is 4.98 Å². The van der Waals surface area contributed by atoms with Gasteiger partial charge in [-0.15, -0.1) is 11.3 Å². The Kier molecular flexibility index (Phi) is 5.00. The molecule has 1 heterocycles. The quantitative estimate of drug-likeness (QED) is 0.506. The van der Waals surface area contributed by atoms with E-state index in [1.54, 1.807) is 49.4 Å². The maximum atomic E-state index is 13.0. The van der Waals surface area contributed by atoms with Crippen LogP contribution in [0.5, 0.6) is 0 Å². The minimum atomic E-state index is -0.590. The Morgan fingerprint density at radius 3 is 2.44 bits per heavy atom. The zero-order valence-electron chi connectivity index (χ0n) is 13.4. The highest BCUT2D eigenvalue weighted by atomic mass is 32.1. The first-order chi connectivity index (χ1) is 12.0. The molecule has 4 nitrogen and oxygen atoms in total. The zero-order chi connectivity index (χ0) is 17.8. The van der Waals surface area contributed by atoms with Crippen LogP contribution in [0.3, 0.4) is 0 Å². The topological polar surface area (TPSA) is 56.3 Å². The van der Waals surface area contributed by atoms with Gasteiger partial charge in [-0.3, -0.25) is 4.79 Å². The number of carbonyl (C=O) groups excluding carboxylic acids is 2. The number of esters is 1. The number of nitrogens with zero attached hydrogens (tertiary/aromatic N) is 1. The van der Waals surface area contributed by atoms with Gasteiger partial charge in [-0.1, -0.05) is 30.3 Å². The van der Waals surface area contributed by atoms with Crippen molar-refractivity contribution in [3.05, 3.63) is 76.5 Å². The molecule has 3 aromatic rings. The minimum Gasteiger partial charge on any atom is -0.453 e. The molecule has 0 unspecified atom stereocenters. The summed E-state index contributed by atoms with van der Waals surface area (Å²) in [6, 6.07) is 14.5. The van der Waals surface area contributed by atoms with Gasteiger partial charge in [0.2, 0.25) is 0 Å². The van der Waals surface area contributed by atoms with E-state index in [4.69, 9.17) is 4.74 Å². The van der Waals surface area contributed by atoms with Crippen molar-refractivity contribution in [1.29, 1.82) is 0 Å². The fraction of sp³-hybridized carbons (Fsp3) is 0.105. The second kappa shape index (κ2) is 7.36. The van der Waals surface area contributed by atoms with Crippen LogP contribution in [0.25, 0.3) is 10.6 Å². The number of aromatic nitrogens is 1. The summed E-state index contributed by atoms with van der Waals surface area (Å²) in [7, 11) is 0. The van der Waals surface area contributed by atoms with Crippen molar-refractivity contribution < 1.29 is 18.7 Å². The number of rotatable bonds is 5. The van der Waals surface area contributed by atoms with Gasteiger partial charge in [0.1, 0.15) is 15.7 Å². The van der Waals surface area contributed by atoms with Gasteiger partial charge in [0.05, 0.1) is 5.69 Å². The van der Waals surface area contributed by atoms with Crippen molar-refractivity contribution in [2.24, 2.45) is 0 Å². The lowest BCUT2D eigenvalue weighted by atomic mass is 10.1. The van der Waals surface area contributed by atoms with E-state index in [0.29, 0.717) is 26.7 Å². The van der Waals surface area contributed by atoms with Gasteiger partial charge in [-0.05, 0) is 31.2 Å². The summed E-state index contributed by atoms with van der Waals surface area (Å²) in [6.07, 6.45) is 0. The van der Waals surface area contributed by atoms with E-state index in [9.17, 15) is 14.0 Å². The molecule has 3 rings (SSSR count). The van der Waals surface area contributed by atoms with Crippen molar-refractivity contribution in [3.8, 4) is 10.6 Å². The van der Waals surface area contributed by atoms with Crippen LogP contribution in [-0.4, -0.2) is 23.3 Å². The molecule has 0 fully saturated rings. The molecule has 0 saturated carbocycles. The number of Topliss-reactive ketones (excluding diaryl/α,β-unsaturated/α-hetero) is 1. The van der Waals surface area contributed by atoms with Crippen LogP contribution in [0.4, 0.5) is 4.39 Å². The van der Waals surface area contributed by atoms with E-state index < -0.39 is 5.97 Å². The van der Waals surface area contributed by atoms with E-state index in [2.05, 4.69) is 4.98 Å². The molecule has 1 aromatic heterocycles. The third kappa shape index (κ3) is 3.97. The van der Waals surface area contributed by atoms with E-state index >= 15 is 0 Å². The average molecular weight is 355 g/mol. The van der Waals surface area contributed by atoms with Crippen LogP contribution in [0.1, 0.15) is 25.7 Å². The Labute approximate surface area is 147 Å². The average Bonchev–Trinajstić information content (AvgIpc) is 3.02. The number of thiazole rings is 1. The second-order valence-corrected chi connectivity index (χ2v) is 6.30. The third-order valence-electron chi connectivity index (χ3n) is 3.50. The van der Waals surface area contributed by atoms with Gasteiger partial charge < -0.3 is 4.74 Å². The van der Waals surface area contributed by atoms with E-state index in [1.165, 1.54) is 12.1 Å². The van der Waals surface area contributed by atoms with Crippen LogP contribution >= 0.6 is 11.3 Å². The van der Waals surface area contributed by atoms with E-state index in [0.717, 1.165) is 11.3 Å². The first-order valence-corrected chi connectivity index (χ1v) is 8.35. The predicted octanol–water partition coefficient (Wildman–Crippen LogP) is 4.30. The first kappa shape index (κ1) is 17.0. The predicted molar refractivity (Wildman–Crippen MR) is 93.3 cm³/mol. The van der Waals surface area contributed by atoms with Crippen molar-refractivity contribution in [3.63, 3.8) is 0 Å². The van der Waals surface area contributed by atoms with Gasteiger partial charge in [0.25, 0.3) is 0 Å². The van der Waals surface area contributed by atoms with Crippen molar-refractivity contribution in [2.75, 3.05) is 6.61 Å². The number of hydrogen-bond acceptors (Lipinski definition) is 5. The lowest BCUT2D eigenvalue weighted by Gasteiger charge is -2.03. The van der Waals surface area contributed by atoms with E-state index in [1.807, 2.05) is 0 Å². The van der Waals surface area contributed by atoms with Gasteiger partial charge in [0.15, 0.2) is 12.4 Å². The molecule has 0 spiro atoms. The molecule has 0 radical (unpaired) electrons. The van der Waals surface area contributed by atoms with Crippen molar-refractivity contribution in [2.45, 2.75) is 6.92 Å². The van der Waals surface area contributed by atoms with Gasteiger partial charge in [-0.2, -0.15) is 0 Å². The number of halogens is 1. The summed E-state index contributed by atoms with van der Waals surface area (Å²) < 4.78 is 18.1. The molecule has 2 aromatic carbocycles. The first-order valence-electron chi connectivity index (χ1n) is 7.53. The molecular formula is C19H14FNO3S. The molecule has 0 aliphatic carbocycles. The molecule has 0 aliphatic heterocycles. The fourth-order valence-corrected chi connectivity index (χ4v) is 3.17. The molecule has 0 aliphatic rings. The monoisotopic (exact) mass is 355 g/mol. The summed E-state index contributed by atoms with van der Waals surface area (Å²) >= 11 is 1.15. The minimum absolute atomic E-state index is 0.269. The van der Waals surface area contributed by atoms with E-state index in [-0.39, 0.29) is 18.2 Å². The highest BCUT2D eigenvalue weighted by molar-refractivity contribution is 7.17.